The third kappa shape index (κ3) is 3.27. The average molecular weight is 325 g/mol. The minimum absolute atomic E-state index is 0.388. The molecule has 2 aromatic rings. The molecule has 1 aliphatic heterocycles. The molecule has 2 heterocycles. The van der Waals surface area contributed by atoms with Crippen LogP contribution >= 0.6 is 11.6 Å². The zero-order valence-electron chi connectivity index (χ0n) is 11.8. The Balaban J connectivity index is 1.58. The Morgan fingerprint density at radius 2 is 2.18 bits per heavy atom. The summed E-state index contributed by atoms with van der Waals surface area (Å²) in [5.41, 5.74) is 0.710. The molecule has 3 rings (SSSR count). The first kappa shape index (κ1) is 15.0. The SMILES string of the molecule is Fc1ccc(N2CCC(CNc3ncncc3Cl)C2)cc1F. The van der Waals surface area contributed by atoms with Crippen molar-refractivity contribution >= 4 is 23.1 Å². The second kappa shape index (κ2) is 6.44. The van der Waals surface area contributed by atoms with Crippen molar-refractivity contribution in [1.82, 2.24) is 9.97 Å². The molecule has 4 nitrogen and oxygen atoms in total. The van der Waals surface area contributed by atoms with Gasteiger partial charge in [0, 0.05) is 31.4 Å². The van der Waals surface area contributed by atoms with Gasteiger partial charge in [0.25, 0.3) is 0 Å². The fourth-order valence-corrected chi connectivity index (χ4v) is 2.77. The predicted octanol–water partition coefficient (Wildman–Crippen LogP) is 3.35. The van der Waals surface area contributed by atoms with E-state index in [1.807, 2.05) is 0 Å². The van der Waals surface area contributed by atoms with Crippen molar-refractivity contribution in [3.05, 3.63) is 47.4 Å². The third-order valence-electron chi connectivity index (χ3n) is 3.78. The van der Waals surface area contributed by atoms with Gasteiger partial charge in [-0.25, -0.2) is 18.7 Å². The second-order valence-corrected chi connectivity index (χ2v) is 5.71. The van der Waals surface area contributed by atoms with Gasteiger partial charge in [0.1, 0.15) is 17.2 Å². The molecule has 22 heavy (non-hydrogen) atoms. The van der Waals surface area contributed by atoms with Crippen molar-refractivity contribution in [3.8, 4) is 0 Å². The molecule has 1 aromatic heterocycles. The van der Waals surface area contributed by atoms with Crippen LogP contribution in [0.3, 0.4) is 0 Å². The van der Waals surface area contributed by atoms with Crippen molar-refractivity contribution in [2.24, 2.45) is 5.92 Å². The molecular weight excluding hydrogens is 310 g/mol. The van der Waals surface area contributed by atoms with E-state index in [1.165, 1.54) is 12.4 Å². The topological polar surface area (TPSA) is 41.0 Å². The number of anilines is 2. The molecule has 1 N–H and O–H groups in total. The molecule has 1 saturated heterocycles. The summed E-state index contributed by atoms with van der Waals surface area (Å²) < 4.78 is 26.3. The third-order valence-corrected chi connectivity index (χ3v) is 4.06. The van der Waals surface area contributed by atoms with Gasteiger partial charge in [-0.1, -0.05) is 11.6 Å². The molecule has 1 fully saturated rings. The normalized spacial score (nSPS) is 17.8. The molecule has 0 bridgehead atoms. The van der Waals surface area contributed by atoms with E-state index in [4.69, 9.17) is 11.6 Å². The van der Waals surface area contributed by atoms with Gasteiger partial charge in [-0.05, 0) is 24.5 Å². The van der Waals surface area contributed by atoms with E-state index in [9.17, 15) is 8.78 Å². The summed E-state index contributed by atoms with van der Waals surface area (Å²) in [6.07, 6.45) is 3.95. The summed E-state index contributed by atoms with van der Waals surface area (Å²) in [4.78, 5) is 9.97. The van der Waals surface area contributed by atoms with Crippen LogP contribution in [0.4, 0.5) is 20.3 Å². The maximum Gasteiger partial charge on any atom is 0.160 e. The van der Waals surface area contributed by atoms with Crippen LogP contribution in [0, 0.1) is 17.6 Å². The minimum Gasteiger partial charge on any atom is -0.371 e. The van der Waals surface area contributed by atoms with E-state index in [0.29, 0.717) is 22.4 Å². The molecule has 0 aliphatic carbocycles. The Morgan fingerprint density at radius 1 is 1.32 bits per heavy atom. The number of benzene rings is 1. The van der Waals surface area contributed by atoms with Crippen LogP contribution in [0.5, 0.6) is 0 Å². The van der Waals surface area contributed by atoms with Crippen LogP contribution in [-0.4, -0.2) is 29.6 Å². The summed E-state index contributed by atoms with van der Waals surface area (Å²) in [5.74, 6) is -0.631. The van der Waals surface area contributed by atoms with Gasteiger partial charge in [0.15, 0.2) is 11.6 Å². The minimum atomic E-state index is -0.820. The standard InChI is InChI=1S/C15H15ClF2N4/c16-12-7-19-9-21-15(12)20-6-10-3-4-22(8-10)11-1-2-13(17)14(18)5-11/h1-2,5,7,9-10H,3-4,6,8H2,(H,19,20,21). The lowest BCUT2D eigenvalue weighted by Crippen LogP contribution is -2.22. The van der Waals surface area contributed by atoms with Gasteiger partial charge < -0.3 is 10.2 Å². The van der Waals surface area contributed by atoms with Gasteiger partial charge in [0.05, 0.1) is 6.20 Å². The van der Waals surface area contributed by atoms with Crippen LogP contribution in [0.15, 0.2) is 30.7 Å². The lowest BCUT2D eigenvalue weighted by Gasteiger charge is -2.19. The first-order valence-corrected chi connectivity index (χ1v) is 7.40. The van der Waals surface area contributed by atoms with Crippen LogP contribution in [-0.2, 0) is 0 Å². The van der Waals surface area contributed by atoms with Crippen LogP contribution < -0.4 is 10.2 Å². The molecular formula is C15H15ClF2N4. The van der Waals surface area contributed by atoms with Crippen molar-refractivity contribution in [2.45, 2.75) is 6.42 Å². The highest BCUT2D eigenvalue weighted by molar-refractivity contribution is 6.32. The van der Waals surface area contributed by atoms with Crippen molar-refractivity contribution in [3.63, 3.8) is 0 Å². The van der Waals surface area contributed by atoms with Crippen molar-refractivity contribution in [1.29, 1.82) is 0 Å². The van der Waals surface area contributed by atoms with E-state index in [0.717, 1.165) is 32.1 Å². The van der Waals surface area contributed by atoms with E-state index < -0.39 is 11.6 Å². The zero-order valence-corrected chi connectivity index (χ0v) is 12.5. The maximum atomic E-state index is 13.3. The lowest BCUT2D eigenvalue weighted by molar-refractivity contribution is 0.508. The zero-order chi connectivity index (χ0) is 15.5. The Labute approximate surface area is 132 Å². The van der Waals surface area contributed by atoms with Gasteiger partial charge in [-0.3, -0.25) is 0 Å². The molecule has 0 spiro atoms. The molecule has 0 saturated carbocycles. The Kier molecular flexibility index (Phi) is 4.38. The van der Waals surface area contributed by atoms with Crippen LogP contribution in [0.2, 0.25) is 5.02 Å². The summed E-state index contributed by atoms with van der Waals surface area (Å²) >= 11 is 5.99. The van der Waals surface area contributed by atoms with Crippen molar-refractivity contribution in [2.75, 3.05) is 29.9 Å². The van der Waals surface area contributed by atoms with Gasteiger partial charge in [0.2, 0.25) is 0 Å². The monoisotopic (exact) mass is 324 g/mol. The van der Waals surface area contributed by atoms with Crippen LogP contribution in [0.1, 0.15) is 6.42 Å². The number of hydrogen-bond acceptors (Lipinski definition) is 4. The highest BCUT2D eigenvalue weighted by atomic mass is 35.5. The molecule has 7 heteroatoms. The molecule has 1 unspecified atom stereocenters. The van der Waals surface area contributed by atoms with Gasteiger partial charge >= 0.3 is 0 Å². The summed E-state index contributed by atoms with van der Waals surface area (Å²) in [5, 5.41) is 3.69. The quantitative estimate of drug-likeness (QED) is 0.936. The number of rotatable bonds is 4. The first-order valence-electron chi connectivity index (χ1n) is 7.03. The average Bonchev–Trinajstić information content (AvgIpc) is 2.98. The fourth-order valence-electron chi connectivity index (χ4n) is 2.60. The smallest absolute Gasteiger partial charge is 0.160 e. The Bertz CT molecular complexity index is 668. The lowest BCUT2D eigenvalue weighted by atomic mass is 10.1. The second-order valence-electron chi connectivity index (χ2n) is 5.30. The number of nitrogens with zero attached hydrogens (tertiary/aromatic N) is 3. The highest BCUT2D eigenvalue weighted by Gasteiger charge is 2.23. The van der Waals surface area contributed by atoms with Gasteiger partial charge in [-0.15, -0.1) is 0 Å². The number of halogens is 3. The molecule has 1 atom stereocenters. The first-order chi connectivity index (χ1) is 10.6. The molecule has 0 radical (unpaired) electrons. The van der Waals surface area contributed by atoms with E-state index in [2.05, 4.69) is 20.2 Å². The number of aromatic nitrogens is 2. The molecule has 1 aliphatic rings. The number of nitrogens with one attached hydrogen (secondary N) is 1. The van der Waals surface area contributed by atoms with Gasteiger partial charge in [-0.2, -0.15) is 0 Å². The van der Waals surface area contributed by atoms with Crippen LogP contribution in [0.25, 0.3) is 0 Å². The largest absolute Gasteiger partial charge is 0.371 e. The highest BCUT2D eigenvalue weighted by Crippen LogP contribution is 2.26. The summed E-state index contributed by atoms with van der Waals surface area (Å²) in [6, 6.07) is 4.01. The maximum absolute atomic E-state index is 13.3. The van der Waals surface area contributed by atoms with E-state index >= 15 is 0 Å². The molecule has 0 amide bonds. The molecule has 1 aromatic carbocycles. The Hall–Kier alpha value is -1.95. The summed E-state index contributed by atoms with van der Waals surface area (Å²) in [6.45, 7) is 2.31. The predicted molar refractivity (Wildman–Crippen MR) is 82.2 cm³/mol. The fraction of sp³-hybridized carbons (Fsp3) is 0.333. The molecule has 116 valence electrons. The Morgan fingerprint density at radius 3 is 2.95 bits per heavy atom. The number of hydrogen-bond donors (Lipinski definition) is 1. The van der Waals surface area contributed by atoms with Crippen molar-refractivity contribution < 1.29 is 8.78 Å². The van der Waals surface area contributed by atoms with E-state index in [-0.39, 0.29) is 0 Å². The summed E-state index contributed by atoms with van der Waals surface area (Å²) in [7, 11) is 0. The van der Waals surface area contributed by atoms with E-state index in [1.54, 1.807) is 12.3 Å².